The fourth-order valence-electron chi connectivity index (χ4n) is 4.42. The van der Waals surface area contributed by atoms with E-state index in [0.29, 0.717) is 34.6 Å². The third-order valence-electron chi connectivity index (χ3n) is 6.62. The molecule has 1 aliphatic rings. The van der Waals surface area contributed by atoms with Gasteiger partial charge in [0, 0.05) is 34.3 Å². The van der Waals surface area contributed by atoms with Crippen LogP contribution in [0, 0.1) is 0 Å². The summed E-state index contributed by atoms with van der Waals surface area (Å²) in [4.78, 5) is 22.0. The van der Waals surface area contributed by atoms with E-state index < -0.39 is 6.04 Å². The van der Waals surface area contributed by atoms with E-state index in [1.165, 1.54) is 0 Å². The van der Waals surface area contributed by atoms with E-state index in [1.54, 1.807) is 24.4 Å². The standard InChI is InChI=1S/C30H37Cl2N5O3/c1-30(2,3)39-18-26(29(38)40-21-10-4-5-11-21)34-15-19-8-6-9-20(14-19)25-17-35-27(33)28(37-25)36-16-22-23(31)12-7-13-24(22)32/h6-9,12-14,17,21,26,34H,4-5,10-11,15-16,18H2,1-3H3,(H2,33,35)(H,36,37)/t26-/m0/s1. The van der Waals surface area contributed by atoms with Crippen molar-refractivity contribution in [2.75, 3.05) is 17.7 Å². The fourth-order valence-corrected chi connectivity index (χ4v) is 4.95. The molecule has 1 saturated carbocycles. The first-order valence-electron chi connectivity index (χ1n) is 13.6. The first-order chi connectivity index (χ1) is 19.1. The molecule has 10 heteroatoms. The van der Waals surface area contributed by atoms with Crippen molar-refractivity contribution in [2.45, 2.75) is 77.3 Å². The molecule has 0 saturated heterocycles. The zero-order chi connectivity index (χ0) is 28.7. The molecule has 0 radical (unpaired) electrons. The number of ether oxygens (including phenoxy) is 2. The minimum Gasteiger partial charge on any atom is -0.461 e. The molecule has 40 heavy (non-hydrogen) atoms. The van der Waals surface area contributed by atoms with Crippen molar-refractivity contribution in [3.63, 3.8) is 0 Å². The third kappa shape index (κ3) is 8.54. The summed E-state index contributed by atoms with van der Waals surface area (Å²) in [6.07, 6.45) is 5.67. The molecule has 0 amide bonds. The molecule has 1 atom stereocenters. The molecule has 1 aliphatic carbocycles. The molecule has 0 bridgehead atoms. The number of nitrogens with zero attached hydrogens (tertiary/aromatic N) is 2. The molecule has 4 rings (SSSR count). The minimum absolute atomic E-state index is 0.00407. The molecule has 2 aromatic carbocycles. The van der Waals surface area contributed by atoms with Crippen molar-refractivity contribution in [3.05, 3.63) is 69.8 Å². The van der Waals surface area contributed by atoms with Crippen LogP contribution in [0.5, 0.6) is 0 Å². The van der Waals surface area contributed by atoms with E-state index in [-0.39, 0.29) is 30.1 Å². The minimum atomic E-state index is -0.577. The molecule has 0 unspecified atom stereocenters. The van der Waals surface area contributed by atoms with Crippen LogP contribution in [0.3, 0.4) is 0 Å². The Bertz CT molecular complexity index is 1290. The van der Waals surface area contributed by atoms with Crippen LogP contribution in [0.25, 0.3) is 11.3 Å². The van der Waals surface area contributed by atoms with Crippen molar-refractivity contribution >= 4 is 40.8 Å². The topological polar surface area (TPSA) is 111 Å². The van der Waals surface area contributed by atoms with Gasteiger partial charge in [0.15, 0.2) is 11.6 Å². The number of nitrogens with one attached hydrogen (secondary N) is 2. The average Bonchev–Trinajstić information content (AvgIpc) is 3.42. The second-order valence-electron chi connectivity index (χ2n) is 10.9. The van der Waals surface area contributed by atoms with E-state index in [1.807, 2.05) is 45.0 Å². The van der Waals surface area contributed by atoms with Gasteiger partial charge in [-0.25, -0.2) is 9.97 Å². The van der Waals surface area contributed by atoms with Gasteiger partial charge in [0.25, 0.3) is 0 Å². The zero-order valence-electron chi connectivity index (χ0n) is 23.2. The summed E-state index contributed by atoms with van der Waals surface area (Å²) in [6.45, 7) is 6.92. The van der Waals surface area contributed by atoms with E-state index in [9.17, 15) is 4.79 Å². The molecule has 0 spiro atoms. The van der Waals surface area contributed by atoms with Gasteiger partial charge < -0.3 is 20.5 Å². The SMILES string of the molecule is CC(C)(C)OC[C@H](NCc1cccc(-c2cnc(N)c(NCc3c(Cl)cccc3Cl)n2)c1)C(=O)OC1CCCC1. The van der Waals surface area contributed by atoms with Gasteiger partial charge in [0.1, 0.15) is 12.1 Å². The molecule has 214 valence electrons. The number of aromatic nitrogens is 2. The Morgan fingerprint density at radius 2 is 1.80 bits per heavy atom. The van der Waals surface area contributed by atoms with E-state index in [0.717, 1.165) is 42.4 Å². The highest BCUT2D eigenvalue weighted by Gasteiger charge is 2.27. The van der Waals surface area contributed by atoms with Crippen molar-refractivity contribution in [1.82, 2.24) is 15.3 Å². The summed E-state index contributed by atoms with van der Waals surface area (Å²) in [5.74, 6) is 0.435. The van der Waals surface area contributed by atoms with E-state index >= 15 is 0 Å². The van der Waals surface area contributed by atoms with Crippen molar-refractivity contribution < 1.29 is 14.3 Å². The quantitative estimate of drug-likeness (QED) is 0.221. The lowest BCUT2D eigenvalue weighted by Gasteiger charge is -2.25. The maximum Gasteiger partial charge on any atom is 0.325 e. The normalized spacial score (nSPS) is 14.7. The van der Waals surface area contributed by atoms with Crippen LogP contribution in [-0.4, -0.2) is 40.3 Å². The molecule has 1 fully saturated rings. The molecule has 1 heterocycles. The summed E-state index contributed by atoms with van der Waals surface area (Å²) in [7, 11) is 0. The number of carbonyl (C=O) groups excluding carboxylic acids is 1. The summed E-state index contributed by atoms with van der Waals surface area (Å²) in [5.41, 5.74) is 8.97. The smallest absolute Gasteiger partial charge is 0.325 e. The zero-order valence-corrected chi connectivity index (χ0v) is 24.7. The first kappa shape index (κ1) is 30.1. The Labute approximate surface area is 246 Å². The lowest BCUT2D eigenvalue weighted by molar-refractivity contribution is -0.154. The van der Waals surface area contributed by atoms with E-state index in [4.69, 9.17) is 43.4 Å². The van der Waals surface area contributed by atoms with Gasteiger partial charge in [0.2, 0.25) is 0 Å². The molecular formula is C30H37Cl2N5O3. The molecule has 0 aliphatic heterocycles. The predicted molar refractivity (Wildman–Crippen MR) is 160 cm³/mol. The predicted octanol–water partition coefficient (Wildman–Crippen LogP) is 6.40. The maximum atomic E-state index is 13.0. The number of carbonyl (C=O) groups is 1. The number of anilines is 2. The van der Waals surface area contributed by atoms with Gasteiger partial charge in [-0.2, -0.15) is 0 Å². The molecule has 3 aromatic rings. The summed E-state index contributed by atoms with van der Waals surface area (Å²) in [5, 5.41) is 7.65. The first-order valence-corrected chi connectivity index (χ1v) is 14.3. The lowest BCUT2D eigenvalue weighted by atomic mass is 10.1. The Morgan fingerprint density at radius 1 is 1.10 bits per heavy atom. The van der Waals surface area contributed by atoms with Crippen LogP contribution in [0.2, 0.25) is 10.0 Å². The van der Waals surface area contributed by atoms with Gasteiger partial charge in [0.05, 0.1) is 24.1 Å². The number of esters is 1. The second kappa shape index (κ2) is 13.6. The van der Waals surface area contributed by atoms with Crippen LogP contribution in [0.15, 0.2) is 48.7 Å². The molecular weight excluding hydrogens is 549 g/mol. The van der Waals surface area contributed by atoms with Gasteiger partial charge in [-0.1, -0.05) is 47.5 Å². The van der Waals surface area contributed by atoms with Gasteiger partial charge in [-0.15, -0.1) is 0 Å². The fraction of sp³-hybridized carbons (Fsp3) is 0.433. The van der Waals surface area contributed by atoms with Crippen molar-refractivity contribution in [2.24, 2.45) is 0 Å². The Balaban J connectivity index is 1.44. The number of rotatable bonds is 11. The molecule has 8 nitrogen and oxygen atoms in total. The van der Waals surface area contributed by atoms with Crippen LogP contribution in [-0.2, 0) is 27.4 Å². The Kier molecular flexibility index (Phi) is 10.2. The summed E-state index contributed by atoms with van der Waals surface area (Å²) >= 11 is 12.6. The van der Waals surface area contributed by atoms with Crippen LogP contribution in [0.4, 0.5) is 11.6 Å². The number of hydrogen-bond donors (Lipinski definition) is 3. The number of hydrogen-bond acceptors (Lipinski definition) is 8. The number of benzene rings is 2. The van der Waals surface area contributed by atoms with Crippen LogP contribution >= 0.6 is 23.2 Å². The molecule has 1 aromatic heterocycles. The Hall–Kier alpha value is -2.91. The highest BCUT2D eigenvalue weighted by atomic mass is 35.5. The van der Waals surface area contributed by atoms with Gasteiger partial charge in [-0.05, 0) is 70.2 Å². The third-order valence-corrected chi connectivity index (χ3v) is 7.33. The molecule has 4 N–H and O–H groups in total. The van der Waals surface area contributed by atoms with Crippen molar-refractivity contribution in [1.29, 1.82) is 0 Å². The number of halogens is 2. The summed E-state index contributed by atoms with van der Waals surface area (Å²) < 4.78 is 11.7. The number of nitrogens with two attached hydrogens (primary N) is 1. The van der Waals surface area contributed by atoms with Crippen LogP contribution in [0.1, 0.15) is 57.6 Å². The Morgan fingerprint density at radius 3 is 2.50 bits per heavy atom. The highest BCUT2D eigenvalue weighted by Crippen LogP contribution is 2.27. The average molecular weight is 587 g/mol. The van der Waals surface area contributed by atoms with Gasteiger partial charge in [-0.3, -0.25) is 10.1 Å². The van der Waals surface area contributed by atoms with Crippen LogP contribution < -0.4 is 16.4 Å². The summed E-state index contributed by atoms with van der Waals surface area (Å²) in [6, 6.07) is 12.7. The van der Waals surface area contributed by atoms with E-state index in [2.05, 4.69) is 15.6 Å². The van der Waals surface area contributed by atoms with Gasteiger partial charge >= 0.3 is 5.97 Å². The lowest BCUT2D eigenvalue weighted by Crippen LogP contribution is -2.44. The van der Waals surface area contributed by atoms with Crippen molar-refractivity contribution in [3.8, 4) is 11.3 Å². The second-order valence-corrected chi connectivity index (χ2v) is 11.8. The highest BCUT2D eigenvalue weighted by molar-refractivity contribution is 6.36. The largest absolute Gasteiger partial charge is 0.461 e. The maximum absolute atomic E-state index is 13.0. The monoisotopic (exact) mass is 585 g/mol. The number of nitrogen functional groups attached to an aromatic ring is 1.